The molecular formula is C62H113NO10. The molecule has 1 amide bonds. The molecule has 0 aromatic carbocycles. The Hall–Kier alpha value is -2.38. The number of aliphatic hydroxyl groups is 5. The molecule has 7 atom stereocenters. The van der Waals surface area contributed by atoms with E-state index in [1.165, 1.54) is 167 Å². The van der Waals surface area contributed by atoms with Gasteiger partial charge < -0.3 is 45.1 Å². The lowest BCUT2D eigenvalue weighted by atomic mass is 9.99. The average molecular weight is 1030 g/mol. The summed E-state index contributed by atoms with van der Waals surface area (Å²) in [5, 5.41) is 54.3. The van der Waals surface area contributed by atoms with Crippen molar-refractivity contribution in [2.75, 3.05) is 19.8 Å². The highest BCUT2D eigenvalue weighted by molar-refractivity contribution is 5.76. The molecule has 426 valence electrons. The summed E-state index contributed by atoms with van der Waals surface area (Å²) in [6.07, 6.45) is 54.9. The number of ether oxygens (including phenoxy) is 3. The maximum atomic E-state index is 13.0. The van der Waals surface area contributed by atoms with E-state index in [1.54, 1.807) is 6.08 Å². The minimum absolute atomic E-state index is 0.0146. The van der Waals surface area contributed by atoms with E-state index >= 15 is 0 Å². The molecule has 1 saturated heterocycles. The quantitative estimate of drug-likeness (QED) is 0.0195. The zero-order valence-corrected chi connectivity index (χ0v) is 46.8. The molecule has 0 aromatic heterocycles. The topological polar surface area (TPSA) is 175 Å². The van der Waals surface area contributed by atoms with Crippen molar-refractivity contribution in [2.45, 2.75) is 314 Å². The summed E-state index contributed by atoms with van der Waals surface area (Å²) in [4.78, 5) is 25.0. The number of carbonyl (C=O) groups excluding carboxylic acids is 2. The molecule has 1 rings (SSSR count). The van der Waals surface area contributed by atoms with Gasteiger partial charge in [-0.05, 0) is 89.9 Å². The van der Waals surface area contributed by atoms with Crippen molar-refractivity contribution in [3.63, 3.8) is 0 Å². The number of rotatable bonds is 52. The van der Waals surface area contributed by atoms with E-state index in [2.05, 4.69) is 55.6 Å². The third-order valence-corrected chi connectivity index (χ3v) is 14.1. The summed E-state index contributed by atoms with van der Waals surface area (Å²) >= 11 is 0. The van der Waals surface area contributed by atoms with E-state index in [1.807, 2.05) is 6.08 Å². The van der Waals surface area contributed by atoms with Gasteiger partial charge >= 0.3 is 5.97 Å². The van der Waals surface area contributed by atoms with Crippen molar-refractivity contribution in [3.05, 3.63) is 48.6 Å². The number of hydrogen-bond donors (Lipinski definition) is 6. The molecule has 0 radical (unpaired) electrons. The van der Waals surface area contributed by atoms with Crippen LogP contribution < -0.4 is 5.32 Å². The summed E-state index contributed by atoms with van der Waals surface area (Å²) < 4.78 is 16.7. The minimum atomic E-state index is -1.58. The largest absolute Gasteiger partial charge is 0.466 e. The number of nitrogens with one attached hydrogen (secondary N) is 1. The molecule has 0 aromatic rings. The van der Waals surface area contributed by atoms with Crippen LogP contribution in [0.5, 0.6) is 0 Å². The molecule has 6 N–H and O–H groups in total. The third-order valence-electron chi connectivity index (χ3n) is 14.1. The Kier molecular flexibility index (Phi) is 48.6. The number of aliphatic hydroxyl groups excluding tert-OH is 5. The molecule has 1 aliphatic heterocycles. The third kappa shape index (κ3) is 41.5. The van der Waals surface area contributed by atoms with E-state index in [9.17, 15) is 35.1 Å². The number of hydrogen-bond acceptors (Lipinski definition) is 10. The molecule has 11 heteroatoms. The van der Waals surface area contributed by atoms with Crippen molar-refractivity contribution in [3.8, 4) is 0 Å². The molecule has 11 nitrogen and oxygen atoms in total. The molecular weight excluding hydrogens is 919 g/mol. The van der Waals surface area contributed by atoms with E-state index in [4.69, 9.17) is 14.2 Å². The molecule has 1 aliphatic rings. The van der Waals surface area contributed by atoms with Crippen molar-refractivity contribution in [2.24, 2.45) is 0 Å². The van der Waals surface area contributed by atoms with Gasteiger partial charge in [0.1, 0.15) is 24.4 Å². The van der Waals surface area contributed by atoms with Crippen LogP contribution in [0.1, 0.15) is 271 Å². The lowest BCUT2D eigenvalue weighted by Crippen LogP contribution is -2.60. The highest BCUT2D eigenvalue weighted by atomic mass is 16.7. The average Bonchev–Trinajstić information content (AvgIpc) is 3.39. The summed E-state index contributed by atoms with van der Waals surface area (Å²) in [7, 11) is 0. The smallest absolute Gasteiger partial charge is 0.305 e. The van der Waals surface area contributed by atoms with Crippen LogP contribution in [0.4, 0.5) is 0 Å². The van der Waals surface area contributed by atoms with E-state index in [-0.39, 0.29) is 18.5 Å². The van der Waals surface area contributed by atoms with Gasteiger partial charge in [0.25, 0.3) is 0 Å². The van der Waals surface area contributed by atoms with Gasteiger partial charge in [-0.25, -0.2) is 0 Å². The second-order valence-corrected chi connectivity index (χ2v) is 21.0. The Labute approximate surface area is 446 Å². The standard InChI is InChI=1S/C62H113NO10/c1-3-5-7-9-11-13-15-29-32-36-40-44-48-55(65)54(53-72-62-61(70)60(69)59(68)56(52-64)73-62)63-57(66)49-45-41-37-33-30-26-24-22-20-18-16-17-19-21-23-25-27-31-35-39-43-47-51-71-58(67)50-46-42-38-34-28-14-12-10-8-6-4-2/h10,12,18,20,29,32,44,48,54-56,59-62,64-65,68-70H,3-9,11,13-17,19,21-28,30-31,33-43,45-47,49-53H2,1-2H3,(H,63,66)/b12-10-,20-18-,32-29+,48-44+. The Bertz CT molecular complexity index is 1350. The first-order chi connectivity index (χ1) is 35.7. The van der Waals surface area contributed by atoms with Crippen LogP contribution in [-0.4, -0.2) is 100 Å². The van der Waals surface area contributed by atoms with Crippen LogP contribution in [0, 0.1) is 0 Å². The van der Waals surface area contributed by atoms with Crippen LogP contribution in [0.2, 0.25) is 0 Å². The molecule has 1 heterocycles. The van der Waals surface area contributed by atoms with Crippen molar-refractivity contribution in [1.82, 2.24) is 5.32 Å². The molecule has 0 bridgehead atoms. The first kappa shape index (κ1) is 68.6. The maximum absolute atomic E-state index is 13.0. The molecule has 73 heavy (non-hydrogen) atoms. The zero-order chi connectivity index (χ0) is 53.1. The van der Waals surface area contributed by atoms with Crippen LogP contribution >= 0.6 is 0 Å². The summed E-state index contributed by atoms with van der Waals surface area (Å²) in [6.45, 7) is 4.26. The monoisotopic (exact) mass is 1030 g/mol. The van der Waals surface area contributed by atoms with E-state index in [0.717, 1.165) is 77.0 Å². The minimum Gasteiger partial charge on any atom is -0.466 e. The summed E-state index contributed by atoms with van der Waals surface area (Å²) in [6, 6.07) is -0.833. The number of carbonyl (C=O) groups is 2. The maximum Gasteiger partial charge on any atom is 0.305 e. The second kappa shape index (κ2) is 51.7. The van der Waals surface area contributed by atoms with E-state index in [0.29, 0.717) is 19.4 Å². The fourth-order valence-electron chi connectivity index (χ4n) is 9.25. The number of esters is 1. The Balaban J connectivity index is 2.07. The van der Waals surface area contributed by atoms with Crippen molar-refractivity contribution >= 4 is 11.9 Å². The highest BCUT2D eigenvalue weighted by Crippen LogP contribution is 2.23. The van der Waals surface area contributed by atoms with Crippen LogP contribution in [0.15, 0.2) is 48.6 Å². The molecule has 0 aliphatic carbocycles. The fraction of sp³-hybridized carbons (Fsp3) is 0.839. The number of amides is 1. The van der Waals surface area contributed by atoms with Crippen LogP contribution in [0.3, 0.4) is 0 Å². The Morgan fingerprint density at radius 3 is 1.40 bits per heavy atom. The van der Waals surface area contributed by atoms with Crippen molar-refractivity contribution < 1.29 is 49.3 Å². The fourth-order valence-corrected chi connectivity index (χ4v) is 9.25. The van der Waals surface area contributed by atoms with Gasteiger partial charge in [0.05, 0.1) is 32.0 Å². The van der Waals surface area contributed by atoms with Gasteiger partial charge in [0, 0.05) is 12.8 Å². The number of allylic oxidation sites excluding steroid dienone is 7. The summed E-state index contributed by atoms with van der Waals surface area (Å²) in [5.41, 5.74) is 0. The Morgan fingerprint density at radius 1 is 0.493 bits per heavy atom. The van der Waals surface area contributed by atoms with Crippen LogP contribution in [0.25, 0.3) is 0 Å². The van der Waals surface area contributed by atoms with Gasteiger partial charge in [0.2, 0.25) is 5.91 Å². The summed E-state index contributed by atoms with van der Waals surface area (Å²) in [5.74, 6) is -0.215. The molecule has 0 saturated carbocycles. The van der Waals surface area contributed by atoms with Gasteiger partial charge in [-0.1, -0.05) is 217 Å². The lowest BCUT2D eigenvalue weighted by Gasteiger charge is -2.40. The van der Waals surface area contributed by atoms with E-state index < -0.39 is 49.5 Å². The number of unbranched alkanes of at least 4 members (excludes halogenated alkanes) is 32. The first-order valence-electron chi connectivity index (χ1n) is 30.4. The van der Waals surface area contributed by atoms with Crippen LogP contribution in [-0.2, 0) is 23.8 Å². The Morgan fingerprint density at radius 2 is 0.904 bits per heavy atom. The second-order valence-electron chi connectivity index (χ2n) is 21.0. The highest BCUT2D eigenvalue weighted by Gasteiger charge is 2.44. The normalized spacial score (nSPS) is 19.2. The predicted molar refractivity (Wildman–Crippen MR) is 301 cm³/mol. The molecule has 1 fully saturated rings. The van der Waals surface area contributed by atoms with Gasteiger partial charge in [-0.2, -0.15) is 0 Å². The van der Waals surface area contributed by atoms with Gasteiger partial charge in [-0.3, -0.25) is 9.59 Å². The van der Waals surface area contributed by atoms with Gasteiger partial charge in [0.15, 0.2) is 6.29 Å². The van der Waals surface area contributed by atoms with Gasteiger partial charge in [-0.15, -0.1) is 0 Å². The molecule has 7 unspecified atom stereocenters. The predicted octanol–water partition coefficient (Wildman–Crippen LogP) is 14.1. The SMILES string of the molecule is CCCC/C=C\CCCCCCCC(=O)OCCCCCCCCCCCCC/C=C\CCCCCCCCCC(=O)NC(COC1OC(CO)C(O)C(O)C1O)C(O)/C=C/CC/C=C/CCCCCCCC. The zero-order valence-electron chi connectivity index (χ0n) is 46.8. The van der Waals surface area contributed by atoms with Crippen molar-refractivity contribution in [1.29, 1.82) is 0 Å². The first-order valence-corrected chi connectivity index (χ1v) is 30.4. The lowest BCUT2D eigenvalue weighted by molar-refractivity contribution is -0.302. The molecule has 0 spiro atoms.